The van der Waals surface area contributed by atoms with Gasteiger partial charge in [0.2, 0.25) is 20.4 Å². The maximum Gasteiger partial charge on any atom is 0.314 e. The molecule has 21 nitrogen and oxygen atoms in total. The molecule has 10 N–H and O–H groups in total. The minimum absolute atomic E-state index is 0. The molecule has 338 valence electrons. The number of anilines is 5. The summed E-state index contributed by atoms with van der Waals surface area (Å²) >= 11 is 8.98. The minimum Gasteiger partial charge on any atom is -0.504 e. The molecule has 23 heteroatoms. The van der Waals surface area contributed by atoms with Crippen molar-refractivity contribution in [1.29, 1.82) is 0 Å². The van der Waals surface area contributed by atoms with E-state index < -0.39 is 45.6 Å². The molecule has 4 amide bonds. The van der Waals surface area contributed by atoms with Gasteiger partial charge in [-0.25, -0.2) is 0 Å². The van der Waals surface area contributed by atoms with Crippen LogP contribution >= 0.6 is 23.2 Å². The summed E-state index contributed by atoms with van der Waals surface area (Å²) in [6.45, 7) is 0.577. The highest BCUT2D eigenvalue weighted by atomic mass is 35.5. The van der Waals surface area contributed by atoms with Gasteiger partial charge >= 0.3 is 34.1 Å². The van der Waals surface area contributed by atoms with Crippen molar-refractivity contribution in [2.75, 3.05) is 47.4 Å². The fourth-order valence-corrected chi connectivity index (χ4v) is 4.82. The number of ether oxygens (including phenoxy) is 6. The van der Waals surface area contributed by atoms with Gasteiger partial charge in [0.1, 0.15) is 0 Å². The third-order valence-electron chi connectivity index (χ3n) is 7.69. The van der Waals surface area contributed by atoms with E-state index in [1.807, 2.05) is 0 Å². The van der Waals surface area contributed by atoms with Crippen LogP contribution in [0.1, 0.15) is 14.9 Å². The zero-order chi connectivity index (χ0) is 44.9. The Kier molecular flexibility index (Phi) is 18.0. The molecule has 0 saturated heterocycles. The van der Waals surface area contributed by atoms with E-state index in [2.05, 4.69) is 44.5 Å². The van der Waals surface area contributed by atoms with Crippen LogP contribution in [0.25, 0.3) is 0 Å². The second-order valence-electron chi connectivity index (χ2n) is 12.0. The largest absolute Gasteiger partial charge is 0.504 e. The molecule has 0 fully saturated rings. The van der Waals surface area contributed by atoms with E-state index in [-0.39, 0.29) is 51.3 Å². The number of fused-ring (bicyclic) bond motifs is 3. The molecule has 0 atom stereocenters. The van der Waals surface area contributed by atoms with Gasteiger partial charge in [-0.1, -0.05) is 14.9 Å². The molecule has 64 heavy (non-hydrogen) atoms. The van der Waals surface area contributed by atoms with Crippen LogP contribution in [0, 0.1) is 0 Å². The number of aromatic hydroxyl groups is 4. The first-order chi connectivity index (χ1) is 29.6. The number of carbonyl (C=O) groups excluding carboxylic acids is 6. The zero-order valence-electron chi connectivity index (χ0n) is 31.3. The highest BCUT2D eigenvalue weighted by Gasteiger charge is 2.20. The maximum atomic E-state index is 12.0. The van der Waals surface area contributed by atoms with Crippen LogP contribution in [-0.2, 0) is 28.8 Å². The van der Waals surface area contributed by atoms with E-state index in [0.29, 0.717) is 46.9 Å². The Bertz CT molecular complexity index is 2400. The second-order valence-corrected chi connectivity index (χ2v) is 12.7. The second kappa shape index (κ2) is 23.1. The van der Waals surface area contributed by atoms with E-state index in [9.17, 15) is 39.0 Å². The molecular weight excluding hydrogens is 889 g/mol. The molecule has 3 aliphatic rings. The van der Waals surface area contributed by atoms with E-state index >= 15 is 0 Å². The van der Waals surface area contributed by atoms with Gasteiger partial charge in [0.15, 0.2) is 57.5 Å². The van der Waals surface area contributed by atoms with Crippen molar-refractivity contribution in [3.05, 3.63) is 91.0 Å². The molecule has 5 aromatic carbocycles. The summed E-state index contributed by atoms with van der Waals surface area (Å²) in [6.07, 6.45) is 0. The number of rotatable bonds is 5. The van der Waals surface area contributed by atoms with E-state index in [1.54, 1.807) is 54.6 Å². The third-order valence-corrected chi connectivity index (χ3v) is 8.13. The highest BCUT2D eigenvalue weighted by molar-refractivity contribution is 6.97. The Morgan fingerprint density at radius 3 is 1.02 bits per heavy atom. The van der Waals surface area contributed by atoms with Crippen molar-refractivity contribution >= 4 is 85.8 Å². The number of nitrogens with two attached hydrogens (primary N) is 1. The number of hydrogen-bond acceptors (Lipinski definition) is 17. The van der Waals surface area contributed by atoms with Crippen molar-refractivity contribution in [1.82, 2.24) is 0 Å². The van der Waals surface area contributed by atoms with E-state index in [4.69, 9.17) is 44.4 Å². The maximum absolute atomic E-state index is 12.0. The smallest absolute Gasteiger partial charge is 0.314 e. The van der Waals surface area contributed by atoms with Crippen LogP contribution in [0.4, 0.5) is 28.4 Å². The Hall–Kier alpha value is -8.30. The van der Waals surface area contributed by atoms with Gasteiger partial charge in [0.05, 0.1) is 0 Å². The summed E-state index contributed by atoms with van der Waals surface area (Å²) in [6, 6.07) is 22.1. The monoisotopic (exact) mass is 927 g/mol. The molecule has 0 saturated carbocycles. The topological polar surface area (TPSA) is 313 Å². The number of nitrogens with one attached hydrogen (secondary N) is 4. The van der Waals surface area contributed by atoms with Crippen LogP contribution in [0.5, 0.6) is 57.5 Å². The van der Waals surface area contributed by atoms with Gasteiger partial charge in [-0.3, -0.25) is 28.8 Å². The molecule has 0 aromatic heterocycles. The first kappa shape index (κ1) is 50.1. The van der Waals surface area contributed by atoms with E-state index in [1.165, 1.54) is 12.1 Å². The van der Waals surface area contributed by atoms with Gasteiger partial charge in [0.25, 0.3) is 0 Å². The third kappa shape index (κ3) is 14.1. The molecule has 0 unspecified atom stereocenters. The van der Waals surface area contributed by atoms with Gasteiger partial charge in [-0.05, 0) is 83.9 Å². The average molecular weight is 929 g/mol. The number of hydrogen-bond donors (Lipinski definition) is 9. The van der Waals surface area contributed by atoms with Crippen molar-refractivity contribution in [3.63, 3.8) is 0 Å². The average Bonchev–Trinajstić information content (AvgIpc) is 4.02. The lowest BCUT2D eigenvalue weighted by atomic mass is 10.2. The number of nitrogen functional groups attached to an aromatic ring is 1. The van der Waals surface area contributed by atoms with E-state index in [0.717, 1.165) is 35.8 Å². The molecule has 3 aliphatic heterocycles. The standard InChI is InChI=1S/C16H12N2O6.C14H12N2O6.C7H7NO2.C2Cl2O2.2CH4/c19-15(17-9-1-3-11-13(5-9)23-7-21-11)16(20)18-10-2-4-12-14(6-10)24-8-22-12;17-9-3-1-7(5-11(9)19)15-13(21)14(22)16-8-2-4-10(18)12(20)6-8;8-5-1-2-6-7(3-5)10-4-9-6;3-1(5)2(4)6;;/h1-6H,7-8H2,(H,17,19)(H,18,20);1-6,17-20H,(H,15,21)(H,16,22);1-3H,4,8H2;;2*1H4. The van der Waals surface area contributed by atoms with Gasteiger partial charge in [-0.15, -0.1) is 0 Å². The molecule has 0 spiro atoms. The summed E-state index contributed by atoms with van der Waals surface area (Å²) in [7, 11) is 0. The van der Waals surface area contributed by atoms with Crippen LogP contribution < -0.4 is 55.4 Å². The van der Waals surface area contributed by atoms with Gasteiger partial charge in [-0.2, -0.15) is 0 Å². The van der Waals surface area contributed by atoms with Crippen molar-refractivity contribution in [3.8, 4) is 57.5 Å². The number of phenols is 4. The number of benzene rings is 5. The predicted octanol–water partition coefficient (Wildman–Crippen LogP) is 5.59. The lowest BCUT2D eigenvalue weighted by Gasteiger charge is -2.08. The zero-order valence-corrected chi connectivity index (χ0v) is 32.8. The summed E-state index contributed by atoms with van der Waals surface area (Å²) < 4.78 is 31.0. The number of amides is 4. The lowest BCUT2D eigenvalue weighted by molar-refractivity contribution is -0.133. The van der Waals surface area contributed by atoms with Gasteiger partial charge in [0, 0.05) is 58.8 Å². The highest BCUT2D eigenvalue weighted by Crippen LogP contribution is 2.36. The molecule has 5 aromatic rings. The first-order valence-corrected chi connectivity index (χ1v) is 17.9. The molecule has 0 radical (unpaired) electrons. The minimum atomic E-state index is -1.14. The van der Waals surface area contributed by atoms with Crippen LogP contribution in [-0.4, -0.2) is 74.9 Å². The summed E-state index contributed by atoms with van der Waals surface area (Å²) in [5.74, 6) is -1.50. The molecule has 3 heterocycles. The van der Waals surface area contributed by atoms with Crippen LogP contribution in [0.3, 0.4) is 0 Å². The van der Waals surface area contributed by atoms with Crippen LogP contribution in [0.2, 0.25) is 0 Å². The quantitative estimate of drug-likeness (QED) is 0.0341. The summed E-state index contributed by atoms with van der Waals surface area (Å²) in [5.41, 5.74) is 7.29. The number of phenolic OH excluding ortho intramolecular Hbond substituents is 4. The Labute approximate surface area is 373 Å². The number of carbonyl (C=O) groups is 6. The molecule has 0 bridgehead atoms. The first-order valence-electron chi connectivity index (χ1n) is 17.2. The summed E-state index contributed by atoms with van der Waals surface area (Å²) in [5, 5.41) is 44.0. The Morgan fingerprint density at radius 1 is 0.406 bits per heavy atom. The fraction of sp³-hybridized carbons (Fsp3) is 0.122. The lowest BCUT2D eigenvalue weighted by Crippen LogP contribution is -2.29. The Morgan fingerprint density at radius 2 is 0.688 bits per heavy atom. The normalized spacial score (nSPS) is 11.3. The van der Waals surface area contributed by atoms with Gasteiger partial charge < -0.3 is 75.8 Å². The van der Waals surface area contributed by atoms with Crippen molar-refractivity contribution in [2.24, 2.45) is 0 Å². The molecule has 0 aliphatic carbocycles. The summed E-state index contributed by atoms with van der Waals surface area (Å²) in [4.78, 5) is 66.2. The Balaban J connectivity index is 0.000000250. The SMILES string of the molecule is C.C.Nc1ccc2c(c1)OCO2.O=C(Cl)C(=O)Cl.O=C(Nc1ccc(O)c(O)c1)C(=O)Nc1ccc(O)c(O)c1.O=C(Nc1ccc2c(c1)OCO2)C(=O)Nc1ccc2c(c1)OCO2. The predicted molar refractivity (Wildman–Crippen MR) is 231 cm³/mol. The fourth-order valence-electron chi connectivity index (χ4n) is 4.82. The number of halogens is 2. The van der Waals surface area contributed by atoms with Crippen molar-refractivity contribution in [2.45, 2.75) is 14.9 Å². The molecule has 8 rings (SSSR count). The van der Waals surface area contributed by atoms with Crippen LogP contribution in [0.15, 0.2) is 91.0 Å². The molecular formula is C41H39Cl2N5O16. The van der Waals surface area contributed by atoms with Crippen molar-refractivity contribution < 1.29 is 77.6 Å².